The number of thioether (sulfide) groups is 1. The van der Waals surface area contributed by atoms with E-state index in [1.807, 2.05) is 48.5 Å². The monoisotopic (exact) mass is 450 g/mol. The predicted octanol–water partition coefficient (Wildman–Crippen LogP) is 4.34. The van der Waals surface area contributed by atoms with Gasteiger partial charge in [0, 0.05) is 24.1 Å². The highest BCUT2D eigenvalue weighted by Crippen LogP contribution is 2.41. The Morgan fingerprint density at radius 1 is 1.12 bits per heavy atom. The van der Waals surface area contributed by atoms with E-state index in [1.165, 1.54) is 11.8 Å². The summed E-state index contributed by atoms with van der Waals surface area (Å²) in [6.07, 6.45) is 0. The van der Waals surface area contributed by atoms with Crippen molar-refractivity contribution in [2.24, 2.45) is 0 Å². The Balaban J connectivity index is 2.12. The molecular weight excluding hydrogens is 436 g/mol. The van der Waals surface area contributed by atoms with Crippen LogP contribution in [0.5, 0.6) is 0 Å². The van der Waals surface area contributed by atoms with E-state index in [9.17, 15) is 4.79 Å². The third-order valence-corrected chi connectivity index (χ3v) is 6.19. The zero-order valence-corrected chi connectivity index (χ0v) is 17.6. The average molecular weight is 451 g/mol. The summed E-state index contributed by atoms with van der Waals surface area (Å²) < 4.78 is 2.37. The van der Waals surface area contributed by atoms with Gasteiger partial charge < -0.3 is 10.2 Å². The predicted molar refractivity (Wildman–Crippen MR) is 115 cm³/mol. The summed E-state index contributed by atoms with van der Waals surface area (Å²) in [6, 6.07) is 15.5. The minimum absolute atomic E-state index is 0.0325. The molecule has 25 heavy (non-hydrogen) atoms. The van der Waals surface area contributed by atoms with Gasteiger partial charge in [-0.25, -0.2) is 0 Å². The Kier molecular flexibility index (Phi) is 5.29. The first-order chi connectivity index (χ1) is 11.8. The Morgan fingerprint density at radius 2 is 1.80 bits per heavy atom. The van der Waals surface area contributed by atoms with E-state index >= 15 is 0 Å². The van der Waals surface area contributed by atoms with Crippen LogP contribution in [-0.2, 0) is 5.54 Å². The van der Waals surface area contributed by atoms with E-state index in [1.54, 1.807) is 19.0 Å². The molecule has 3 nitrogen and oxygen atoms in total. The molecule has 1 aliphatic heterocycles. The summed E-state index contributed by atoms with van der Waals surface area (Å²) in [4.78, 5) is 13.7. The first-order valence-corrected chi connectivity index (χ1v) is 9.90. The lowest BCUT2D eigenvalue weighted by Crippen LogP contribution is -2.43. The lowest BCUT2D eigenvalue weighted by atomic mass is 9.84. The van der Waals surface area contributed by atoms with Gasteiger partial charge in [-0.05, 0) is 35.4 Å². The molecule has 0 saturated carbocycles. The van der Waals surface area contributed by atoms with Gasteiger partial charge in [-0.1, -0.05) is 76.4 Å². The number of rotatable bonds is 3. The van der Waals surface area contributed by atoms with Gasteiger partial charge in [-0.3, -0.25) is 4.79 Å². The maximum Gasteiger partial charge on any atom is 0.253 e. The second-order valence-electron chi connectivity index (χ2n) is 5.84. The maximum atomic E-state index is 12.1. The molecule has 0 aromatic heterocycles. The number of nitrogens with one attached hydrogen (secondary N) is 1. The fourth-order valence-electron chi connectivity index (χ4n) is 2.78. The number of halogens is 1. The van der Waals surface area contributed by atoms with Gasteiger partial charge in [0.2, 0.25) is 0 Å². The van der Waals surface area contributed by atoms with E-state index in [4.69, 9.17) is 24.4 Å². The van der Waals surface area contributed by atoms with Crippen molar-refractivity contribution in [3.05, 3.63) is 69.7 Å². The van der Waals surface area contributed by atoms with Crippen molar-refractivity contribution in [3.63, 3.8) is 0 Å². The summed E-state index contributed by atoms with van der Waals surface area (Å²) in [5.74, 6) is -0.0325. The molecule has 1 aliphatic rings. The molecule has 1 fully saturated rings. The molecule has 1 unspecified atom stereocenters. The van der Waals surface area contributed by atoms with Crippen molar-refractivity contribution in [2.75, 3.05) is 14.1 Å². The Morgan fingerprint density at radius 3 is 2.32 bits per heavy atom. The van der Waals surface area contributed by atoms with Gasteiger partial charge in [0.25, 0.3) is 5.91 Å². The molecule has 0 bridgehead atoms. The lowest BCUT2D eigenvalue weighted by molar-refractivity contribution is 0.0827. The molecule has 3 rings (SSSR count). The van der Waals surface area contributed by atoms with Gasteiger partial charge in [-0.2, -0.15) is 0 Å². The van der Waals surface area contributed by atoms with E-state index in [0.29, 0.717) is 9.88 Å². The molecule has 1 amide bonds. The number of hydrogen-bond acceptors (Lipinski definition) is 4. The smallest absolute Gasteiger partial charge is 0.253 e. The molecular formula is C18H15BrN2OS3. The standard InChI is InChI=1S/C18H15BrN2OS3/c1-21(2)15(22)11-6-8-12(9-7-11)18(16(23)25-17(24)20-18)13-4-3-5-14(19)10-13/h3-10H,1-2H3,(H,20,24). The van der Waals surface area contributed by atoms with E-state index in [-0.39, 0.29) is 5.91 Å². The molecule has 128 valence electrons. The van der Waals surface area contributed by atoms with E-state index < -0.39 is 5.54 Å². The van der Waals surface area contributed by atoms with Crippen molar-refractivity contribution < 1.29 is 4.79 Å². The largest absolute Gasteiger partial charge is 0.352 e. The van der Waals surface area contributed by atoms with E-state index in [0.717, 1.165) is 19.8 Å². The van der Waals surface area contributed by atoms with Crippen LogP contribution >= 0.6 is 52.1 Å². The first-order valence-electron chi connectivity index (χ1n) is 7.47. The van der Waals surface area contributed by atoms with Crippen LogP contribution in [0.3, 0.4) is 0 Å². The number of hydrogen-bond donors (Lipinski definition) is 1. The molecule has 1 N–H and O–H groups in total. The molecule has 0 spiro atoms. The summed E-state index contributed by atoms with van der Waals surface area (Å²) in [5.41, 5.74) is 1.92. The third-order valence-electron chi connectivity index (χ3n) is 4.01. The third kappa shape index (κ3) is 3.38. The topological polar surface area (TPSA) is 32.3 Å². The minimum Gasteiger partial charge on any atom is -0.352 e. The van der Waals surface area contributed by atoms with Gasteiger partial charge in [0.1, 0.15) is 9.86 Å². The summed E-state index contributed by atoms with van der Waals surface area (Å²) in [5, 5.41) is 3.39. The Labute approximate surface area is 170 Å². The van der Waals surface area contributed by atoms with Crippen molar-refractivity contribution >= 4 is 66.6 Å². The molecule has 1 heterocycles. The molecule has 2 aromatic rings. The van der Waals surface area contributed by atoms with Crippen molar-refractivity contribution in [1.82, 2.24) is 10.2 Å². The summed E-state index contributed by atoms with van der Waals surface area (Å²) >= 11 is 16.0. The zero-order valence-electron chi connectivity index (χ0n) is 13.6. The van der Waals surface area contributed by atoms with Crippen molar-refractivity contribution in [2.45, 2.75) is 5.54 Å². The molecule has 0 radical (unpaired) electrons. The van der Waals surface area contributed by atoms with Gasteiger partial charge in [0.05, 0.1) is 4.20 Å². The van der Waals surface area contributed by atoms with Gasteiger partial charge >= 0.3 is 0 Å². The van der Waals surface area contributed by atoms with Crippen LogP contribution in [-0.4, -0.2) is 33.4 Å². The fraction of sp³-hybridized carbons (Fsp3) is 0.167. The number of benzene rings is 2. The normalized spacial score (nSPS) is 19.6. The highest BCUT2D eigenvalue weighted by atomic mass is 79.9. The van der Waals surface area contributed by atoms with Gasteiger partial charge in [-0.15, -0.1) is 0 Å². The number of carbonyl (C=O) groups is 1. The van der Waals surface area contributed by atoms with Crippen LogP contribution in [0.4, 0.5) is 0 Å². The highest BCUT2D eigenvalue weighted by Gasteiger charge is 2.45. The average Bonchev–Trinajstić information content (AvgIpc) is 2.89. The molecule has 1 saturated heterocycles. The lowest BCUT2D eigenvalue weighted by Gasteiger charge is -2.30. The Bertz CT molecular complexity index is 867. The number of thiocarbonyl (C=S) groups is 2. The number of nitrogens with zero attached hydrogens (tertiary/aromatic N) is 1. The maximum absolute atomic E-state index is 12.1. The molecule has 0 aliphatic carbocycles. The van der Waals surface area contributed by atoms with Gasteiger partial charge in [0.15, 0.2) is 0 Å². The van der Waals surface area contributed by atoms with Crippen molar-refractivity contribution in [1.29, 1.82) is 0 Å². The Hall–Kier alpha value is -1.28. The highest BCUT2D eigenvalue weighted by molar-refractivity contribution is 9.10. The number of amides is 1. The minimum atomic E-state index is -0.680. The fourth-order valence-corrected chi connectivity index (χ4v) is 5.09. The van der Waals surface area contributed by atoms with Crippen LogP contribution in [0.25, 0.3) is 0 Å². The number of carbonyl (C=O) groups excluding carboxylic acids is 1. The zero-order chi connectivity index (χ0) is 18.2. The second kappa shape index (κ2) is 7.15. The molecule has 1 atom stereocenters. The van der Waals surface area contributed by atoms with Crippen LogP contribution in [0, 0.1) is 0 Å². The van der Waals surface area contributed by atoms with E-state index in [2.05, 4.69) is 21.2 Å². The molecule has 2 aromatic carbocycles. The van der Waals surface area contributed by atoms with Crippen LogP contribution in [0.15, 0.2) is 53.0 Å². The second-order valence-corrected chi connectivity index (χ2v) is 9.11. The van der Waals surface area contributed by atoms with Crippen LogP contribution < -0.4 is 5.32 Å². The van der Waals surface area contributed by atoms with Crippen molar-refractivity contribution in [3.8, 4) is 0 Å². The first kappa shape index (κ1) is 18.5. The summed E-state index contributed by atoms with van der Waals surface area (Å²) in [7, 11) is 3.48. The SMILES string of the molecule is CN(C)C(=O)c1ccc(C2(c3cccc(Br)c3)NC(=S)SC2=S)cc1. The van der Waals surface area contributed by atoms with Crippen LogP contribution in [0.2, 0.25) is 0 Å². The van der Waals surface area contributed by atoms with Crippen LogP contribution in [0.1, 0.15) is 21.5 Å². The quantitative estimate of drug-likeness (QED) is 0.702. The molecule has 7 heteroatoms. The summed E-state index contributed by atoms with van der Waals surface area (Å²) in [6.45, 7) is 0.